The van der Waals surface area contributed by atoms with E-state index in [1.165, 1.54) is 14.2 Å². The highest BCUT2D eigenvalue weighted by atomic mass is 16.5. The van der Waals surface area contributed by atoms with Gasteiger partial charge in [0.15, 0.2) is 0 Å². The molecule has 0 aliphatic carbocycles. The average molecular weight is 210 g/mol. The molecule has 0 aromatic heterocycles. The Kier molecular flexibility index (Phi) is 6.98. The standard InChI is InChI=1S/C8H18O6/c1-13-4-5(10)7(11)8(12)6(3-9)14-2/h5-12H,3-4H2,1-2H3/t5-,6-,7-,8-/m1/s1. The highest BCUT2D eigenvalue weighted by Gasteiger charge is 2.30. The van der Waals surface area contributed by atoms with Crippen LogP contribution in [0.5, 0.6) is 0 Å². The molecule has 0 spiro atoms. The lowest BCUT2D eigenvalue weighted by molar-refractivity contribution is -0.134. The second-order valence-electron chi connectivity index (χ2n) is 2.96. The Morgan fingerprint density at radius 2 is 1.64 bits per heavy atom. The largest absolute Gasteiger partial charge is 0.394 e. The summed E-state index contributed by atoms with van der Waals surface area (Å²) in [6.45, 7) is -0.533. The molecular weight excluding hydrogens is 192 g/mol. The van der Waals surface area contributed by atoms with Crippen LogP contribution in [0.2, 0.25) is 0 Å². The number of ether oxygens (including phenoxy) is 2. The van der Waals surface area contributed by atoms with Gasteiger partial charge < -0.3 is 29.9 Å². The number of methoxy groups -OCH3 is 2. The molecule has 0 amide bonds. The summed E-state index contributed by atoms with van der Waals surface area (Å²) in [6.07, 6.45) is -4.89. The normalized spacial score (nSPS) is 20.1. The van der Waals surface area contributed by atoms with Gasteiger partial charge in [-0.15, -0.1) is 0 Å². The van der Waals surface area contributed by atoms with Crippen LogP contribution in [-0.4, -0.2) is 72.3 Å². The first-order chi connectivity index (χ1) is 6.58. The monoisotopic (exact) mass is 210 g/mol. The molecule has 6 nitrogen and oxygen atoms in total. The summed E-state index contributed by atoms with van der Waals surface area (Å²) in [4.78, 5) is 0. The maximum absolute atomic E-state index is 9.42. The Morgan fingerprint density at radius 3 is 2.00 bits per heavy atom. The Bertz CT molecular complexity index is 138. The first kappa shape index (κ1) is 13.8. The molecular formula is C8H18O6. The van der Waals surface area contributed by atoms with Crippen LogP contribution in [0.4, 0.5) is 0 Å². The lowest BCUT2D eigenvalue weighted by atomic mass is 10.0. The Morgan fingerprint density at radius 1 is 1.07 bits per heavy atom. The van der Waals surface area contributed by atoms with E-state index in [-0.39, 0.29) is 6.61 Å². The molecule has 4 atom stereocenters. The molecule has 0 saturated carbocycles. The molecule has 0 heterocycles. The SMILES string of the molecule is COC[C@@H](O)[C@@H](O)[C@H](O)[C@@H](CO)OC. The lowest BCUT2D eigenvalue weighted by Crippen LogP contribution is -2.47. The van der Waals surface area contributed by atoms with Gasteiger partial charge in [0, 0.05) is 14.2 Å². The van der Waals surface area contributed by atoms with Gasteiger partial charge in [-0.1, -0.05) is 0 Å². The third-order valence-corrected chi connectivity index (χ3v) is 1.95. The molecule has 0 rings (SSSR count). The van der Waals surface area contributed by atoms with E-state index in [2.05, 4.69) is 4.74 Å². The molecule has 0 aromatic carbocycles. The number of aliphatic hydroxyl groups excluding tert-OH is 4. The Balaban J connectivity index is 4.13. The summed E-state index contributed by atoms with van der Waals surface area (Å²) in [5.74, 6) is 0. The van der Waals surface area contributed by atoms with E-state index in [4.69, 9.17) is 9.84 Å². The van der Waals surface area contributed by atoms with Gasteiger partial charge in [0.25, 0.3) is 0 Å². The molecule has 0 fully saturated rings. The van der Waals surface area contributed by atoms with Crippen LogP contribution in [0.25, 0.3) is 0 Å². The van der Waals surface area contributed by atoms with Crippen LogP contribution in [0.3, 0.4) is 0 Å². The number of hydrogen-bond donors (Lipinski definition) is 4. The third-order valence-electron chi connectivity index (χ3n) is 1.95. The van der Waals surface area contributed by atoms with Crippen molar-refractivity contribution in [2.24, 2.45) is 0 Å². The van der Waals surface area contributed by atoms with Gasteiger partial charge >= 0.3 is 0 Å². The first-order valence-electron chi connectivity index (χ1n) is 4.25. The average Bonchev–Trinajstić information content (AvgIpc) is 2.18. The second-order valence-corrected chi connectivity index (χ2v) is 2.96. The zero-order valence-corrected chi connectivity index (χ0v) is 8.33. The molecule has 0 unspecified atom stereocenters. The Labute approximate surface area is 82.7 Å². The van der Waals surface area contributed by atoms with Crippen molar-refractivity contribution >= 4 is 0 Å². The van der Waals surface area contributed by atoms with Crippen LogP contribution in [0.15, 0.2) is 0 Å². The topological polar surface area (TPSA) is 99.4 Å². The van der Waals surface area contributed by atoms with Crippen LogP contribution in [-0.2, 0) is 9.47 Å². The summed E-state index contributed by atoms with van der Waals surface area (Å²) in [5.41, 5.74) is 0. The molecule has 86 valence electrons. The minimum Gasteiger partial charge on any atom is -0.394 e. The number of aliphatic hydroxyl groups is 4. The third kappa shape index (κ3) is 3.87. The van der Waals surface area contributed by atoms with Gasteiger partial charge in [-0.05, 0) is 0 Å². The second kappa shape index (κ2) is 7.10. The quantitative estimate of drug-likeness (QED) is 0.378. The van der Waals surface area contributed by atoms with Gasteiger partial charge in [-0.3, -0.25) is 0 Å². The van der Waals surface area contributed by atoms with Crippen molar-refractivity contribution in [3.8, 4) is 0 Å². The maximum Gasteiger partial charge on any atom is 0.111 e. The van der Waals surface area contributed by atoms with Crippen molar-refractivity contribution in [2.75, 3.05) is 27.4 Å². The van der Waals surface area contributed by atoms with Gasteiger partial charge in [0.2, 0.25) is 0 Å². The van der Waals surface area contributed by atoms with Crippen LogP contribution in [0, 0.1) is 0 Å². The predicted molar refractivity (Wildman–Crippen MR) is 47.8 cm³/mol. The van der Waals surface area contributed by atoms with Crippen molar-refractivity contribution in [1.82, 2.24) is 0 Å². The van der Waals surface area contributed by atoms with E-state index in [1.807, 2.05) is 0 Å². The van der Waals surface area contributed by atoms with E-state index >= 15 is 0 Å². The van der Waals surface area contributed by atoms with Crippen LogP contribution < -0.4 is 0 Å². The molecule has 0 radical (unpaired) electrons. The number of rotatable bonds is 7. The zero-order chi connectivity index (χ0) is 11.1. The van der Waals surface area contributed by atoms with Gasteiger partial charge in [-0.25, -0.2) is 0 Å². The molecule has 4 N–H and O–H groups in total. The first-order valence-corrected chi connectivity index (χ1v) is 4.25. The molecule has 0 aromatic rings. The highest BCUT2D eigenvalue weighted by Crippen LogP contribution is 2.07. The minimum absolute atomic E-state index is 0.0971. The van der Waals surface area contributed by atoms with E-state index in [0.29, 0.717) is 0 Å². The minimum atomic E-state index is -1.41. The van der Waals surface area contributed by atoms with Crippen molar-refractivity contribution < 1.29 is 29.9 Å². The maximum atomic E-state index is 9.42. The van der Waals surface area contributed by atoms with Gasteiger partial charge in [-0.2, -0.15) is 0 Å². The van der Waals surface area contributed by atoms with Crippen molar-refractivity contribution in [1.29, 1.82) is 0 Å². The van der Waals surface area contributed by atoms with Crippen LogP contribution in [0.1, 0.15) is 0 Å². The van der Waals surface area contributed by atoms with E-state index < -0.39 is 31.0 Å². The van der Waals surface area contributed by atoms with E-state index in [1.54, 1.807) is 0 Å². The molecule has 0 saturated heterocycles. The number of hydrogen-bond acceptors (Lipinski definition) is 6. The fourth-order valence-electron chi connectivity index (χ4n) is 1.04. The van der Waals surface area contributed by atoms with Gasteiger partial charge in [0.1, 0.15) is 24.4 Å². The van der Waals surface area contributed by atoms with Crippen molar-refractivity contribution in [3.63, 3.8) is 0 Å². The van der Waals surface area contributed by atoms with E-state index in [0.717, 1.165) is 0 Å². The molecule has 6 heteroatoms. The summed E-state index contributed by atoms with van der Waals surface area (Å²) >= 11 is 0. The summed E-state index contributed by atoms with van der Waals surface area (Å²) in [5, 5.41) is 36.8. The zero-order valence-electron chi connectivity index (χ0n) is 8.33. The van der Waals surface area contributed by atoms with Gasteiger partial charge in [0.05, 0.1) is 13.2 Å². The molecule has 0 bridgehead atoms. The predicted octanol–water partition coefficient (Wildman–Crippen LogP) is -2.28. The van der Waals surface area contributed by atoms with Crippen molar-refractivity contribution in [3.05, 3.63) is 0 Å². The summed E-state index contributed by atoms with van der Waals surface area (Å²) in [6, 6.07) is 0. The molecule has 14 heavy (non-hydrogen) atoms. The summed E-state index contributed by atoms with van der Waals surface area (Å²) < 4.78 is 9.30. The Hall–Kier alpha value is -0.240. The fraction of sp³-hybridized carbons (Fsp3) is 1.00. The molecule has 0 aliphatic rings. The van der Waals surface area contributed by atoms with E-state index in [9.17, 15) is 15.3 Å². The smallest absolute Gasteiger partial charge is 0.111 e. The van der Waals surface area contributed by atoms with Crippen LogP contribution >= 0.6 is 0 Å². The summed E-state index contributed by atoms with van der Waals surface area (Å²) in [7, 11) is 2.65. The fourth-order valence-corrected chi connectivity index (χ4v) is 1.04. The lowest BCUT2D eigenvalue weighted by Gasteiger charge is -2.27. The highest BCUT2D eigenvalue weighted by molar-refractivity contribution is 4.81. The molecule has 0 aliphatic heterocycles. The van der Waals surface area contributed by atoms with Crippen molar-refractivity contribution in [2.45, 2.75) is 24.4 Å².